The van der Waals surface area contributed by atoms with E-state index >= 15 is 0 Å². The van der Waals surface area contributed by atoms with Crippen molar-refractivity contribution >= 4 is 27.8 Å². The highest BCUT2D eigenvalue weighted by molar-refractivity contribution is 6.06. The lowest BCUT2D eigenvalue weighted by Crippen LogP contribution is -2.18. The maximum atomic E-state index is 6.19. The molecule has 0 atom stereocenters. The molecule has 0 bridgehead atoms. The van der Waals surface area contributed by atoms with Crippen LogP contribution in [0.2, 0.25) is 0 Å². The minimum absolute atomic E-state index is 0.493. The first kappa shape index (κ1) is 17.2. The molecule has 5 rings (SSSR count). The number of pyridine rings is 1. The van der Waals surface area contributed by atoms with Crippen molar-refractivity contribution in [3.8, 4) is 0 Å². The van der Waals surface area contributed by atoms with E-state index in [1.54, 1.807) is 0 Å². The van der Waals surface area contributed by atoms with Crippen molar-refractivity contribution < 1.29 is 0 Å². The molecule has 5 nitrogen and oxygen atoms in total. The van der Waals surface area contributed by atoms with E-state index in [0.717, 1.165) is 35.0 Å². The van der Waals surface area contributed by atoms with E-state index in [-0.39, 0.29) is 0 Å². The maximum absolute atomic E-state index is 6.19. The van der Waals surface area contributed by atoms with Gasteiger partial charge >= 0.3 is 0 Å². The maximum Gasteiger partial charge on any atom is 0.152 e. The Morgan fingerprint density at radius 2 is 1.79 bits per heavy atom. The standard InChI is InChI=1S/C23H25N5/c1-16-7-8-20-19(11-16)22-21(23(24)26-20)25-15-28(22)14-18-6-4-5-17(12-18)13-27-9-2-3-10-27/h4-8,11-12,15H,2-3,9-10,13-14H2,1H3,(H2,24,26). The molecule has 0 amide bonds. The van der Waals surface area contributed by atoms with Gasteiger partial charge in [-0.2, -0.15) is 0 Å². The first-order chi connectivity index (χ1) is 13.7. The van der Waals surface area contributed by atoms with Gasteiger partial charge in [0.2, 0.25) is 0 Å². The van der Waals surface area contributed by atoms with Gasteiger partial charge in [-0.05, 0) is 56.1 Å². The normalized spacial score (nSPS) is 15.0. The Bertz CT molecular complexity index is 1150. The molecule has 2 N–H and O–H groups in total. The van der Waals surface area contributed by atoms with Crippen molar-refractivity contribution in [3.05, 3.63) is 65.5 Å². The van der Waals surface area contributed by atoms with Crippen molar-refractivity contribution in [1.29, 1.82) is 0 Å². The molecule has 2 aromatic carbocycles. The number of benzene rings is 2. The first-order valence-corrected chi connectivity index (χ1v) is 9.98. The van der Waals surface area contributed by atoms with Crippen LogP contribution >= 0.6 is 0 Å². The zero-order valence-electron chi connectivity index (χ0n) is 16.2. The van der Waals surface area contributed by atoms with Gasteiger partial charge in [-0.3, -0.25) is 4.90 Å². The smallest absolute Gasteiger partial charge is 0.152 e. The van der Waals surface area contributed by atoms with Crippen LogP contribution in [0.4, 0.5) is 5.82 Å². The number of anilines is 1. The van der Waals surface area contributed by atoms with Crippen LogP contribution in [0.15, 0.2) is 48.8 Å². The van der Waals surface area contributed by atoms with Gasteiger partial charge in [-0.25, -0.2) is 9.97 Å². The summed E-state index contributed by atoms with van der Waals surface area (Å²) in [5.41, 5.74) is 12.8. The van der Waals surface area contributed by atoms with Crippen molar-refractivity contribution in [2.24, 2.45) is 0 Å². The molecule has 2 aromatic heterocycles. The lowest BCUT2D eigenvalue weighted by molar-refractivity contribution is 0.331. The first-order valence-electron chi connectivity index (χ1n) is 9.98. The topological polar surface area (TPSA) is 60.0 Å². The summed E-state index contributed by atoms with van der Waals surface area (Å²) < 4.78 is 2.20. The number of fused-ring (bicyclic) bond motifs is 3. The van der Waals surface area contributed by atoms with Crippen molar-refractivity contribution in [2.75, 3.05) is 18.8 Å². The summed E-state index contributed by atoms with van der Waals surface area (Å²) in [7, 11) is 0. The predicted molar refractivity (Wildman–Crippen MR) is 114 cm³/mol. The number of likely N-dealkylation sites (tertiary alicyclic amines) is 1. The minimum Gasteiger partial charge on any atom is -0.382 e. The van der Waals surface area contributed by atoms with Gasteiger partial charge in [-0.1, -0.05) is 35.9 Å². The molecule has 3 heterocycles. The number of imidazole rings is 1. The third-order valence-corrected chi connectivity index (χ3v) is 5.68. The summed E-state index contributed by atoms with van der Waals surface area (Å²) in [5.74, 6) is 0.493. The van der Waals surface area contributed by atoms with Gasteiger partial charge in [0.1, 0.15) is 5.52 Å². The minimum atomic E-state index is 0.493. The van der Waals surface area contributed by atoms with E-state index in [1.807, 2.05) is 12.4 Å². The summed E-state index contributed by atoms with van der Waals surface area (Å²) in [6.07, 6.45) is 4.53. The fourth-order valence-electron chi connectivity index (χ4n) is 4.31. The third kappa shape index (κ3) is 3.12. The SMILES string of the molecule is Cc1ccc2nc(N)c3ncn(Cc4cccc(CN5CCCC5)c4)c3c2c1. The highest BCUT2D eigenvalue weighted by Gasteiger charge is 2.14. The molecule has 0 unspecified atom stereocenters. The molecule has 1 aliphatic heterocycles. The Morgan fingerprint density at radius 1 is 1.00 bits per heavy atom. The Kier molecular flexibility index (Phi) is 4.24. The quantitative estimate of drug-likeness (QED) is 0.586. The Balaban J connectivity index is 1.53. The second kappa shape index (κ2) is 6.91. The van der Waals surface area contributed by atoms with Crippen LogP contribution in [-0.4, -0.2) is 32.5 Å². The van der Waals surface area contributed by atoms with E-state index in [4.69, 9.17) is 5.73 Å². The van der Waals surface area contributed by atoms with Gasteiger partial charge < -0.3 is 10.3 Å². The second-order valence-electron chi connectivity index (χ2n) is 7.89. The van der Waals surface area contributed by atoms with Crippen LogP contribution in [0.3, 0.4) is 0 Å². The Labute approximate surface area is 164 Å². The van der Waals surface area contributed by atoms with E-state index in [2.05, 4.69) is 62.8 Å². The monoisotopic (exact) mass is 371 g/mol. The lowest BCUT2D eigenvalue weighted by atomic mass is 10.1. The molecule has 1 aliphatic rings. The molecule has 0 aliphatic carbocycles. The van der Waals surface area contributed by atoms with Gasteiger partial charge in [-0.15, -0.1) is 0 Å². The molecule has 142 valence electrons. The highest BCUT2D eigenvalue weighted by Crippen LogP contribution is 2.28. The lowest BCUT2D eigenvalue weighted by Gasteiger charge is -2.15. The summed E-state index contributed by atoms with van der Waals surface area (Å²) >= 11 is 0. The molecular weight excluding hydrogens is 346 g/mol. The summed E-state index contributed by atoms with van der Waals surface area (Å²) in [4.78, 5) is 11.6. The van der Waals surface area contributed by atoms with Crippen LogP contribution < -0.4 is 5.73 Å². The number of aryl methyl sites for hydroxylation is 1. The molecule has 0 saturated carbocycles. The summed E-state index contributed by atoms with van der Waals surface area (Å²) in [6.45, 7) is 6.35. The molecule has 28 heavy (non-hydrogen) atoms. The summed E-state index contributed by atoms with van der Waals surface area (Å²) in [5, 5.41) is 1.11. The van der Waals surface area contributed by atoms with Crippen molar-refractivity contribution in [2.45, 2.75) is 32.9 Å². The van der Waals surface area contributed by atoms with Crippen LogP contribution in [0.5, 0.6) is 0 Å². The molecule has 1 fully saturated rings. The van der Waals surface area contributed by atoms with Crippen LogP contribution in [-0.2, 0) is 13.1 Å². The number of aromatic nitrogens is 3. The Hall–Kier alpha value is -2.92. The molecule has 0 spiro atoms. The van der Waals surface area contributed by atoms with E-state index in [0.29, 0.717) is 5.82 Å². The fourth-order valence-corrected chi connectivity index (χ4v) is 4.31. The van der Waals surface area contributed by atoms with Crippen LogP contribution in [0.25, 0.3) is 21.9 Å². The van der Waals surface area contributed by atoms with Gasteiger partial charge in [0, 0.05) is 18.5 Å². The summed E-state index contributed by atoms with van der Waals surface area (Å²) in [6, 6.07) is 15.2. The average Bonchev–Trinajstić information content (AvgIpc) is 3.33. The molecular formula is C23H25N5. The van der Waals surface area contributed by atoms with Crippen LogP contribution in [0, 0.1) is 6.92 Å². The van der Waals surface area contributed by atoms with Crippen molar-refractivity contribution in [3.63, 3.8) is 0 Å². The predicted octanol–water partition coefficient (Wildman–Crippen LogP) is 4.12. The van der Waals surface area contributed by atoms with E-state index < -0.39 is 0 Å². The van der Waals surface area contributed by atoms with E-state index in [9.17, 15) is 0 Å². The average molecular weight is 371 g/mol. The van der Waals surface area contributed by atoms with Gasteiger partial charge in [0.05, 0.1) is 17.4 Å². The van der Waals surface area contributed by atoms with Crippen LogP contribution in [0.1, 0.15) is 29.5 Å². The largest absolute Gasteiger partial charge is 0.382 e. The van der Waals surface area contributed by atoms with Gasteiger partial charge in [0.25, 0.3) is 0 Å². The highest BCUT2D eigenvalue weighted by atomic mass is 15.1. The molecule has 5 heteroatoms. The number of hydrogen-bond donors (Lipinski definition) is 1. The number of hydrogen-bond acceptors (Lipinski definition) is 4. The third-order valence-electron chi connectivity index (χ3n) is 5.68. The van der Waals surface area contributed by atoms with E-state index in [1.165, 1.54) is 42.6 Å². The molecule has 4 aromatic rings. The zero-order valence-corrected chi connectivity index (χ0v) is 16.2. The number of rotatable bonds is 4. The molecule has 0 radical (unpaired) electrons. The molecule has 1 saturated heterocycles. The zero-order chi connectivity index (χ0) is 19.1. The number of nitrogens with two attached hydrogens (primary N) is 1. The van der Waals surface area contributed by atoms with Gasteiger partial charge in [0.15, 0.2) is 5.82 Å². The second-order valence-corrected chi connectivity index (χ2v) is 7.89. The number of nitrogen functional groups attached to an aromatic ring is 1. The van der Waals surface area contributed by atoms with Crippen molar-refractivity contribution in [1.82, 2.24) is 19.4 Å². The fraction of sp³-hybridized carbons (Fsp3) is 0.304. The number of nitrogens with zero attached hydrogens (tertiary/aromatic N) is 4. The Morgan fingerprint density at radius 3 is 2.61 bits per heavy atom.